The van der Waals surface area contributed by atoms with Crippen molar-refractivity contribution >= 4 is 21.7 Å². The number of halogens is 1. The summed E-state index contributed by atoms with van der Waals surface area (Å²) in [4.78, 5) is 8.08. The third kappa shape index (κ3) is 1.89. The molecule has 0 bridgehead atoms. The van der Waals surface area contributed by atoms with E-state index in [-0.39, 0.29) is 0 Å². The van der Waals surface area contributed by atoms with E-state index in [1.807, 2.05) is 6.07 Å². The van der Waals surface area contributed by atoms with Crippen molar-refractivity contribution in [1.29, 1.82) is 0 Å². The molecule has 2 rings (SSSR count). The molecule has 1 fully saturated rings. The van der Waals surface area contributed by atoms with Crippen LogP contribution in [-0.4, -0.2) is 16.0 Å². The summed E-state index contributed by atoms with van der Waals surface area (Å²) in [5.74, 6) is 0.911. The molecule has 0 unspecified atom stereocenters. The Labute approximate surface area is 73.4 Å². The van der Waals surface area contributed by atoms with Gasteiger partial charge in [0.1, 0.15) is 5.82 Å². The van der Waals surface area contributed by atoms with Crippen LogP contribution in [-0.2, 0) is 0 Å². The van der Waals surface area contributed by atoms with E-state index in [0.717, 1.165) is 5.82 Å². The van der Waals surface area contributed by atoms with E-state index < -0.39 is 0 Å². The van der Waals surface area contributed by atoms with Crippen molar-refractivity contribution < 1.29 is 0 Å². The molecule has 3 nitrogen and oxygen atoms in total. The number of nitrogens with zero attached hydrogens (tertiary/aromatic N) is 2. The number of nitrogens with one attached hydrogen (secondary N) is 1. The summed E-state index contributed by atoms with van der Waals surface area (Å²) in [6, 6.07) is 2.53. The van der Waals surface area contributed by atoms with Crippen LogP contribution in [0.25, 0.3) is 0 Å². The van der Waals surface area contributed by atoms with E-state index in [1.165, 1.54) is 12.8 Å². The van der Waals surface area contributed by atoms with Crippen molar-refractivity contribution in [2.75, 3.05) is 5.32 Å². The molecule has 1 saturated carbocycles. The minimum Gasteiger partial charge on any atom is -0.367 e. The first-order valence-electron chi connectivity index (χ1n) is 3.60. The van der Waals surface area contributed by atoms with Crippen LogP contribution in [0.5, 0.6) is 0 Å². The van der Waals surface area contributed by atoms with Crippen molar-refractivity contribution in [1.82, 2.24) is 9.97 Å². The second-order valence-electron chi connectivity index (χ2n) is 2.63. The van der Waals surface area contributed by atoms with Crippen LogP contribution in [0.4, 0.5) is 5.82 Å². The highest BCUT2D eigenvalue weighted by atomic mass is 79.9. The first-order chi connectivity index (χ1) is 5.34. The fourth-order valence-corrected chi connectivity index (χ4v) is 1.16. The Morgan fingerprint density at radius 1 is 1.55 bits per heavy atom. The summed E-state index contributed by atoms with van der Waals surface area (Å²) >= 11 is 3.21. The lowest BCUT2D eigenvalue weighted by atomic mass is 10.5. The predicted molar refractivity (Wildman–Crippen MR) is 46.4 cm³/mol. The Kier molecular flexibility index (Phi) is 1.77. The lowest BCUT2D eigenvalue weighted by Gasteiger charge is -2.01. The third-order valence-electron chi connectivity index (χ3n) is 1.56. The zero-order valence-corrected chi connectivity index (χ0v) is 7.50. The van der Waals surface area contributed by atoms with Crippen LogP contribution < -0.4 is 5.32 Å². The molecule has 1 aliphatic rings. The largest absolute Gasteiger partial charge is 0.367 e. The van der Waals surface area contributed by atoms with Crippen molar-refractivity contribution in [3.63, 3.8) is 0 Å². The monoisotopic (exact) mass is 213 g/mol. The van der Waals surface area contributed by atoms with Crippen molar-refractivity contribution in [2.45, 2.75) is 18.9 Å². The summed E-state index contributed by atoms with van der Waals surface area (Å²) in [6.07, 6.45) is 4.27. The SMILES string of the molecule is Brc1nccc(NC2CC2)n1. The average molecular weight is 214 g/mol. The first-order valence-corrected chi connectivity index (χ1v) is 4.39. The van der Waals surface area contributed by atoms with E-state index in [9.17, 15) is 0 Å². The zero-order chi connectivity index (χ0) is 7.68. The maximum absolute atomic E-state index is 4.15. The van der Waals surface area contributed by atoms with Gasteiger partial charge in [0, 0.05) is 12.2 Å². The standard InChI is InChI=1S/C7H8BrN3/c8-7-9-4-3-6(11-7)10-5-1-2-5/h3-5H,1-2H2,(H,9,10,11). The van der Waals surface area contributed by atoms with E-state index in [1.54, 1.807) is 6.20 Å². The number of aromatic nitrogens is 2. The molecule has 0 aromatic carbocycles. The Hall–Kier alpha value is -0.640. The number of rotatable bonds is 2. The van der Waals surface area contributed by atoms with Crippen LogP contribution in [0.1, 0.15) is 12.8 Å². The molecule has 0 aliphatic heterocycles. The Balaban J connectivity index is 2.10. The molecule has 11 heavy (non-hydrogen) atoms. The van der Waals surface area contributed by atoms with Crippen LogP contribution in [0.3, 0.4) is 0 Å². The van der Waals surface area contributed by atoms with Crippen LogP contribution in [0, 0.1) is 0 Å². The first kappa shape index (κ1) is 7.03. The molecule has 1 aromatic rings. The lowest BCUT2D eigenvalue weighted by Crippen LogP contribution is -2.02. The molecule has 58 valence electrons. The van der Waals surface area contributed by atoms with Crippen molar-refractivity contribution in [3.8, 4) is 0 Å². The van der Waals surface area contributed by atoms with Gasteiger partial charge in [-0.3, -0.25) is 0 Å². The zero-order valence-electron chi connectivity index (χ0n) is 5.92. The predicted octanol–water partition coefficient (Wildman–Crippen LogP) is 1.81. The Morgan fingerprint density at radius 2 is 2.36 bits per heavy atom. The normalized spacial score (nSPS) is 16.5. The van der Waals surface area contributed by atoms with Gasteiger partial charge in [0.05, 0.1) is 0 Å². The second-order valence-corrected chi connectivity index (χ2v) is 3.34. The van der Waals surface area contributed by atoms with Gasteiger partial charge >= 0.3 is 0 Å². The fourth-order valence-electron chi connectivity index (χ4n) is 0.852. The maximum atomic E-state index is 4.15. The maximum Gasteiger partial charge on any atom is 0.198 e. The van der Waals surface area contributed by atoms with E-state index in [2.05, 4.69) is 31.2 Å². The minimum absolute atomic E-state index is 0.642. The van der Waals surface area contributed by atoms with Gasteiger partial charge in [-0.2, -0.15) is 0 Å². The van der Waals surface area contributed by atoms with Crippen LogP contribution in [0.2, 0.25) is 0 Å². The molecule has 1 aromatic heterocycles. The number of hydrogen-bond donors (Lipinski definition) is 1. The Morgan fingerprint density at radius 3 is 3.00 bits per heavy atom. The summed E-state index contributed by atoms with van der Waals surface area (Å²) in [7, 11) is 0. The minimum atomic E-state index is 0.642. The lowest BCUT2D eigenvalue weighted by molar-refractivity contribution is 1.05. The average Bonchev–Trinajstić information content (AvgIpc) is 2.71. The van der Waals surface area contributed by atoms with Crippen LogP contribution >= 0.6 is 15.9 Å². The topological polar surface area (TPSA) is 37.8 Å². The smallest absolute Gasteiger partial charge is 0.198 e. The molecule has 1 heterocycles. The summed E-state index contributed by atoms with van der Waals surface area (Å²) < 4.78 is 0.642. The molecular weight excluding hydrogens is 206 g/mol. The van der Waals surface area contributed by atoms with Gasteiger partial charge < -0.3 is 5.32 Å². The fraction of sp³-hybridized carbons (Fsp3) is 0.429. The molecule has 1 aliphatic carbocycles. The molecule has 0 saturated heterocycles. The van der Waals surface area contributed by atoms with Gasteiger partial charge in [-0.15, -0.1) is 0 Å². The van der Waals surface area contributed by atoms with Crippen molar-refractivity contribution in [3.05, 3.63) is 17.0 Å². The molecular formula is C7H8BrN3. The third-order valence-corrected chi connectivity index (χ3v) is 1.94. The quantitative estimate of drug-likeness (QED) is 0.763. The van der Waals surface area contributed by atoms with Gasteiger partial charge in [0.15, 0.2) is 4.73 Å². The van der Waals surface area contributed by atoms with E-state index in [4.69, 9.17) is 0 Å². The van der Waals surface area contributed by atoms with E-state index >= 15 is 0 Å². The molecule has 0 spiro atoms. The van der Waals surface area contributed by atoms with Gasteiger partial charge in [0.2, 0.25) is 0 Å². The van der Waals surface area contributed by atoms with Crippen molar-refractivity contribution in [2.24, 2.45) is 0 Å². The highest BCUT2D eigenvalue weighted by molar-refractivity contribution is 9.10. The van der Waals surface area contributed by atoms with E-state index in [0.29, 0.717) is 10.8 Å². The highest BCUT2D eigenvalue weighted by Crippen LogP contribution is 2.23. The van der Waals surface area contributed by atoms with Gasteiger partial charge in [-0.1, -0.05) is 0 Å². The molecule has 4 heteroatoms. The van der Waals surface area contributed by atoms with Gasteiger partial charge in [-0.05, 0) is 34.8 Å². The van der Waals surface area contributed by atoms with Crippen LogP contribution in [0.15, 0.2) is 17.0 Å². The number of anilines is 1. The molecule has 0 radical (unpaired) electrons. The summed E-state index contributed by atoms with van der Waals surface area (Å²) in [5.41, 5.74) is 0. The summed E-state index contributed by atoms with van der Waals surface area (Å²) in [5, 5.41) is 3.28. The van der Waals surface area contributed by atoms with Gasteiger partial charge in [0.25, 0.3) is 0 Å². The Bertz CT molecular complexity index is 260. The molecule has 0 amide bonds. The number of hydrogen-bond acceptors (Lipinski definition) is 3. The van der Waals surface area contributed by atoms with Gasteiger partial charge in [-0.25, -0.2) is 9.97 Å². The second kappa shape index (κ2) is 2.77. The molecule has 0 atom stereocenters. The molecule has 1 N–H and O–H groups in total. The summed E-state index contributed by atoms with van der Waals surface area (Å²) in [6.45, 7) is 0. The highest BCUT2D eigenvalue weighted by Gasteiger charge is 2.21.